The molecule has 188 valence electrons. The van der Waals surface area contributed by atoms with Gasteiger partial charge in [-0.25, -0.2) is 4.98 Å². The van der Waals surface area contributed by atoms with Crippen molar-refractivity contribution in [3.8, 4) is 0 Å². The first-order valence-electron chi connectivity index (χ1n) is 11.4. The standard InChI is InChI=1S/C23H28F3N7O2/c1-29-21(34)17-3-2-15(11-30-17)32-8-5-14(6-9-32)33-7-4-13(12-33)18-10-16(27)19(22(35)31-18)20(28)23(24,25)26/h2-3,10-11,13-14,28H,4-9,12H2,1H3,(H,29,34)(H3,27,31,35). The Hall–Kier alpha value is -3.41. The number of H-pyrrole nitrogens is 1. The minimum absolute atomic E-state index is 0.0430. The summed E-state index contributed by atoms with van der Waals surface area (Å²) >= 11 is 0. The van der Waals surface area contributed by atoms with Crippen molar-refractivity contribution < 1.29 is 18.0 Å². The van der Waals surface area contributed by atoms with E-state index in [4.69, 9.17) is 11.1 Å². The van der Waals surface area contributed by atoms with Crippen LogP contribution in [-0.2, 0) is 0 Å². The maximum Gasteiger partial charge on any atom is 0.433 e. The lowest BCUT2D eigenvalue weighted by molar-refractivity contribution is -0.0588. The number of rotatable bonds is 5. The highest BCUT2D eigenvalue weighted by Gasteiger charge is 2.39. The van der Waals surface area contributed by atoms with Crippen molar-refractivity contribution in [2.75, 3.05) is 43.9 Å². The molecule has 2 aromatic heterocycles. The molecule has 2 aliphatic rings. The molecule has 9 nitrogen and oxygen atoms in total. The number of hydrogen-bond donors (Lipinski definition) is 4. The van der Waals surface area contributed by atoms with Gasteiger partial charge in [-0.1, -0.05) is 0 Å². The van der Waals surface area contributed by atoms with Crippen molar-refractivity contribution >= 4 is 23.0 Å². The van der Waals surface area contributed by atoms with Crippen molar-refractivity contribution in [2.24, 2.45) is 0 Å². The van der Waals surface area contributed by atoms with E-state index in [-0.39, 0.29) is 17.5 Å². The molecule has 35 heavy (non-hydrogen) atoms. The SMILES string of the molecule is CNC(=O)c1ccc(N2CCC(N3CCC(c4cc(N)c(C(=N)C(F)(F)F)c(=O)[nH]4)C3)CC2)cn1. The van der Waals surface area contributed by atoms with Gasteiger partial charge in [-0.05, 0) is 44.0 Å². The first kappa shape index (κ1) is 24.7. The molecule has 0 spiro atoms. The van der Waals surface area contributed by atoms with Gasteiger partial charge < -0.3 is 20.9 Å². The molecule has 2 aromatic rings. The Labute approximate surface area is 200 Å². The first-order chi connectivity index (χ1) is 16.6. The van der Waals surface area contributed by atoms with Crippen LogP contribution in [0.25, 0.3) is 0 Å². The summed E-state index contributed by atoms with van der Waals surface area (Å²) in [5.74, 6) is -0.270. The number of anilines is 2. The number of likely N-dealkylation sites (tertiary alicyclic amines) is 1. The second-order valence-electron chi connectivity index (χ2n) is 8.94. The van der Waals surface area contributed by atoms with Crippen LogP contribution in [0.15, 0.2) is 29.2 Å². The molecule has 2 aliphatic heterocycles. The molecule has 2 fully saturated rings. The number of amides is 1. The van der Waals surface area contributed by atoms with Gasteiger partial charge in [-0.15, -0.1) is 0 Å². The predicted octanol–water partition coefficient (Wildman–Crippen LogP) is 2.10. The summed E-state index contributed by atoms with van der Waals surface area (Å²) in [5, 5.41) is 9.82. The number of nitrogen functional groups attached to an aromatic ring is 1. The topological polar surface area (TPSA) is 131 Å². The Morgan fingerprint density at radius 1 is 1.23 bits per heavy atom. The number of pyridine rings is 2. The highest BCUT2D eigenvalue weighted by Crippen LogP contribution is 2.32. The summed E-state index contributed by atoms with van der Waals surface area (Å²) < 4.78 is 38.7. The van der Waals surface area contributed by atoms with Gasteiger partial charge in [0.05, 0.1) is 17.4 Å². The Balaban J connectivity index is 1.36. The molecule has 5 N–H and O–H groups in total. The van der Waals surface area contributed by atoms with Gasteiger partial charge >= 0.3 is 6.18 Å². The second-order valence-corrected chi connectivity index (χ2v) is 8.94. The van der Waals surface area contributed by atoms with Crippen LogP contribution in [-0.4, -0.2) is 71.9 Å². The third-order valence-corrected chi connectivity index (χ3v) is 6.83. The monoisotopic (exact) mass is 491 g/mol. The molecule has 0 bridgehead atoms. The number of aromatic nitrogens is 2. The van der Waals surface area contributed by atoms with Crippen molar-refractivity contribution in [2.45, 2.75) is 37.4 Å². The minimum Gasteiger partial charge on any atom is -0.398 e. The van der Waals surface area contributed by atoms with E-state index in [1.54, 1.807) is 19.3 Å². The molecular formula is C23H28F3N7O2. The summed E-state index contributed by atoms with van der Waals surface area (Å²) in [6.45, 7) is 3.17. The zero-order chi connectivity index (χ0) is 25.3. The van der Waals surface area contributed by atoms with Crippen LogP contribution in [0, 0.1) is 5.41 Å². The quantitative estimate of drug-likeness (QED) is 0.474. The van der Waals surface area contributed by atoms with Gasteiger partial charge in [0.1, 0.15) is 5.69 Å². The van der Waals surface area contributed by atoms with E-state index in [0.717, 1.165) is 44.6 Å². The maximum atomic E-state index is 12.9. The number of nitrogens with two attached hydrogens (primary N) is 1. The molecule has 2 saturated heterocycles. The molecule has 1 amide bonds. The molecule has 1 unspecified atom stereocenters. The van der Waals surface area contributed by atoms with E-state index in [1.165, 1.54) is 6.07 Å². The number of nitrogens with zero attached hydrogens (tertiary/aromatic N) is 3. The molecule has 0 saturated carbocycles. The minimum atomic E-state index is -4.94. The number of carbonyl (C=O) groups is 1. The van der Waals surface area contributed by atoms with E-state index in [9.17, 15) is 22.8 Å². The van der Waals surface area contributed by atoms with Gasteiger partial charge in [-0.2, -0.15) is 13.2 Å². The van der Waals surface area contributed by atoms with Gasteiger partial charge in [-0.3, -0.25) is 19.9 Å². The zero-order valence-electron chi connectivity index (χ0n) is 19.3. The molecule has 0 aromatic carbocycles. The highest BCUT2D eigenvalue weighted by molar-refractivity contribution is 6.05. The van der Waals surface area contributed by atoms with Crippen molar-refractivity contribution in [1.29, 1.82) is 5.41 Å². The van der Waals surface area contributed by atoms with Crippen LogP contribution in [0.2, 0.25) is 0 Å². The number of alkyl halides is 3. The molecule has 4 rings (SSSR count). The van der Waals surface area contributed by atoms with Crippen LogP contribution in [0.5, 0.6) is 0 Å². The molecule has 0 aliphatic carbocycles. The van der Waals surface area contributed by atoms with Crippen LogP contribution in [0.4, 0.5) is 24.5 Å². The fraction of sp³-hybridized carbons (Fsp3) is 0.478. The number of halogens is 3. The summed E-state index contributed by atoms with van der Waals surface area (Å²) in [6, 6.07) is 5.32. The predicted molar refractivity (Wildman–Crippen MR) is 126 cm³/mol. The fourth-order valence-corrected chi connectivity index (χ4v) is 4.92. The van der Waals surface area contributed by atoms with E-state index < -0.39 is 23.0 Å². The van der Waals surface area contributed by atoms with Crippen LogP contribution in [0.3, 0.4) is 0 Å². The Kier molecular flexibility index (Phi) is 6.84. The molecule has 4 heterocycles. The third-order valence-electron chi connectivity index (χ3n) is 6.83. The van der Waals surface area contributed by atoms with Crippen LogP contribution in [0.1, 0.15) is 46.9 Å². The molecule has 1 atom stereocenters. The average molecular weight is 492 g/mol. The Bertz CT molecular complexity index is 1160. The average Bonchev–Trinajstić information content (AvgIpc) is 3.33. The Morgan fingerprint density at radius 3 is 2.51 bits per heavy atom. The van der Waals surface area contributed by atoms with Crippen LogP contribution < -0.4 is 21.5 Å². The lowest BCUT2D eigenvalue weighted by atomic mass is 10.0. The number of hydrogen-bond acceptors (Lipinski definition) is 7. The molecular weight excluding hydrogens is 463 g/mol. The van der Waals surface area contributed by atoms with Crippen LogP contribution >= 0.6 is 0 Å². The molecule has 0 radical (unpaired) electrons. The summed E-state index contributed by atoms with van der Waals surface area (Å²) in [5.41, 5.74) is 3.73. The van der Waals surface area contributed by atoms with E-state index in [0.29, 0.717) is 24.0 Å². The van der Waals surface area contributed by atoms with Gasteiger partial charge in [0.25, 0.3) is 11.5 Å². The van der Waals surface area contributed by atoms with Gasteiger partial charge in [0.15, 0.2) is 5.71 Å². The summed E-state index contributed by atoms with van der Waals surface area (Å²) in [6.07, 6.45) is -0.603. The first-order valence-corrected chi connectivity index (χ1v) is 11.4. The van der Waals surface area contributed by atoms with Gasteiger partial charge in [0.2, 0.25) is 0 Å². The van der Waals surface area contributed by atoms with E-state index >= 15 is 0 Å². The van der Waals surface area contributed by atoms with E-state index in [2.05, 4.69) is 25.1 Å². The number of carbonyl (C=O) groups excluding carboxylic acids is 1. The summed E-state index contributed by atoms with van der Waals surface area (Å²) in [7, 11) is 1.56. The van der Waals surface area contributed by atoms with Crippen molar-refractivity contribution in [3.05, 3.63) is 51.7 Å². The highest BCUT2D eigenvalue weighted by atomic mass is 19.4. The van der Waals surface area contributed by atoms with Gasteiger partial charge in [0, 0.05) is 50.0 Å². The molecule has 12 heteroatoms. The van der Waals surface area contributed by atoms with Crippen molar-refractivity contribution in [3.63, 3.8) is 0 Å². The third kappa shape index (κ3) is 5.16. The normalized spacial score (nSPS) is 19.7. The largest absolute Gasteiger partial charge is 0.433 e. The zero-order valence-corrected chi connectivity index (χ0v) is 19.3. The smallest absolute Gasteiger partial charge is 0.398 e. The lowest BCUT2D eigenvalue weighted by Gasteiger charge is -2.37. The number of nitrogens with one attached hydrogen (secondary N) is 3. The van der Waals surface area contributed by atoms with Crippen molar-refractivity contribution in [1.82, 2.24) is 20.2 Å². The number of aromatic amines is 1. The van der Waals surface area contributed by atoms with E-state index in [1.807, 2.05) is 6.07 Å². The maximum absolute atomic E-state index is 12.9. The lowest BCUT2D eigenvalue weighted by Crippen LogP contribution is -2.44. The second kappa shape index (κ2) is 9.68. The Morgan fingerprint density at radius 2 is 1.94 bits per heavy atom. The number of piperidine rings is 1. The fourth-order valence-electron chi connectivity index (χ4n) is 4.92. The summed E-state index contributed by atoms with van der Waals surface area (Å²) in [4.78, 5) is 35.3.